The molecule has 1 aromatic carbocycles. The maximum atomic E-state index is 8.75. The predicted molar refractivity (Wildman–Crippen MR) is 89.8 cm³/mol. The van der Waals surface area contributed by atoms with Gasteiger partial charge >= 0.3 is 0 Å². The Morgan fingerprint density at radius 2 is 1.86 bits per heavy atom. The molecule has 22 heavy (non-hydrogen) atoms. The molecule has 0 unspecified atom stereocenters. The third-order valence-corrected chi connectivity index (χ3v) is 5.51. The Kier molecular flexibility index (Phi) is 5.32. The standard InChI is InChI=1S/C17H24ClN4/c18-15-6-4-13(5-7-15)12-14-8-10-22(11-9-14)17-3-1-2-16(17)20-21-19/h4-7,14,16-17H,1-3,8-12H2,(H-,19,20)/q-1/t16-,17+/m1/s1. The minimum Gasteiger partial charge on any atom is -0.409 e. The first-order chi connectivity index (χ1) is 10.8. The Morgan fingerprint density at radius 3 is 2.55 bits per heavy atom. The topological polar surface area (TPSA) is 49.9 Å². The Hall–Kier alpha value is -1.13. The van der Waals surface area contributed by atoms with Crippen LogP contribution in [0.5, 0.6) is 0 Å². The Balaban J connectivity index is 1.49. The first-order valence-corrected chi connectivity index (χ1v) is 8.72. The summed E-state index contributed by atoms with van der Waals surface area (Å²) in [5.41, 5.74) is 13.0. The normalized spacial score (nSPS) is 27.0. The Bertz CT molecular complexity index is 482. The number of piperidine rings is 1. The summed E-state index contributed by atoms with van der Waals surface area (Å²) in [6, 6.07) is 9.12. The molecule has 2 aliphatic rings. The van der Waals surface area contributed by atoms with E-state index in [2.05, 4.69) is 27.7 Å². The first kappa shape index (κ1) is 15.8. The van der Waals surface area contributed by atoms with Crippen LogP contribution in [0.1, 0.15) is 37.7 Å². The van der Waals surface area contributed by atoms with E-state index in [1.165, 1.54) is 31.2 Å². The smallest absolute Gasteiger partial charge is 0.0406 e. The maximum Gasteiger partial charge on any atom is 0.0406 e. The van der Waals surface area contributed by atoms with Crippen molar-refractivity contribution in [3.8, 4) is 0 Å². The van der Waals surface area contributed by atoms with Crippen LogP contribution < -0.4 is 5.43 Å². The summed E-state index contributed by atoms with van der Waals surface area (Å²) in [7, 11) is 0. The van der Waals surface area contributed by atoms with E-state index in [1.807, 2.05) is 12.1 Å². The van der Waals surface area contributed by atoms with Gasteiger partial charge < -0.3 is 15.9 Å². The van der Waals surface area contributed by atoms with Crippen molar-refractivity contribution in [3.05, 3.63) is 40.4 Å². The summed E-state index contributed by atoms with van der Waals surface area (Å²) < 4.78 is 0. The van der Waals surface area contributed by atoms with Crippen LogP contribution in [0.2, 0.25) is 5.02 Å². The van der Waals surface area contributed by atoms with Crippen molar-refractivity contribution in [2.24, 2.45) is 11.1 Å². The summed E-state index contributed by atoms with van der Waals surface area (Å²) in [6.07, 6.45) is 7.21. The van der Waals surface area contributed by atoms with Gasteiger partial charge in [-0.1, -0.05) is 30.2 Å². The van der Waals surface area contributed by atoms with Crippen molar-refractivity contribution < 1.29 is 0 Å². The molecule has 1 saturated carbocycles. The average Bonchev–Trinajstić information content (AvgIpc) is 2.99. The summed E-state index contributed by atoms with van der Waals surface area (Å²) in [5, 5.41) is 3.97. The minimum absolute atomic E-state index is 0.317. The zero-order chi connectivity index (χ0) is 15.4. The molecule has 0 spiro atoms. The lowest BCUT2D eigenvalue weighted by Gasteiger charge is -2.39. The number of nitrogens with one attached hydrogen (secondary N) is 1. The number of benzene rings is 1. The fourth-order valence-corrected chi connectivity index (χ4v) is 4.17. The second-order valence-corrected chi connectivity index (χ2v) is 7.08. The molecule has 4 nitrogen and oxygen atoms in total. The quantitative estimate of drug-likeness (QED) is 0.657. The molecule has 1 heterocycles. The molecule has 0 radical (unpaired) electrons. The van der Waals surface area contributed by atoms with Crippen molar-refractivity contribution in [2.75, 3.05) is 13.1 Å². The van der Waals surface area contributed by atoms with Crippen molar-refractivity contribution in [1.29, 1.82) is 0 Å². The molecule has 2 atom stereocenters. The van der Waals surface area contributed by atoms with Gasteiger partial charge in [-0.25, -0.2) is 0 Å². The number of hydrogen-bond acceptors (Lipinski definition) is 2. The molecule has 0 aromatic heterocycles. The largest absolute Gasteiger partial charge is 0.409 e. The summed E-state index contributed by atoms with van der Waals surface area (Å²) in [6.45, 7) is 2.32. The maximum absolute atomic E-state index is 8.75. The molecule has 0 bridgehead atoms. The van der Waals surface area contributed by atoms with Crippen LogP contribution in [-0.4, -0.2) is 30.1 Å². The molecule has 2 fully saturated rings. The molecule has 1 N–H and O–H groups in total. The van der Waals surface area contributed by atoms with Gasteiger partial charge in [0.1, 0.15) is 0 Å². The number of hydrogen-bond donors (Lipinski definition) is 1. The second kappa shape index (κ2) is 7.42. The molecule has 1 saturated heterocycles. The lowest BCUT2D eigenvalue weighted by Crippen LogP contribution is -2.48. The number of rotatable bonds is 5. The molecular formula is C17H24ClN4-. The van der Waals surface area contributed by atoms with Crippen molar-refractivity contribution in [3.63, 3.8) is 0 Å². The van der Waals surface area contributed by atoms with Crippen molar-refractivity contribution in [1.82, 2.24) is 10.3 Å². The first-order valence-electron chi connectivity index (χ1n) is 8.34. The predicted octanol–water partition coefficient (Wildman–Crippen LogP) is 4.04. The lowest BCUT2D eigenvalue weighted by atomic mass is 9.89. The van der Waals surface area contributed by atoms with Gasteiger partial charge in [0, 0.05) is 11.1 Å². The van der Waals surface area contributed by atoms with Crippen molar-refractivity contribution in [2.45, 2.75) is 50.6 Å². The molecule has 1 aromatic rings. The van der Waals surface area contributed by atoms with Crippen LogP contribution in [0, 0.1) is 5.92 Å². The molecule has 1 aliphatic carbocycles. The second-order valence-electron chi connectivity index (χ2n) is 6.64. The van der Waals surface area contributed by atoms with E-state index in [1.54, 1.807) is 0 Å². The van der Waals surface area contributed by atoms with Crippen LogP contribution in [0.3, 0.4) is 0 Å². The zero-order valence-electron chi connectivity index (χ0n) is 12.9. The third kappa shape index (κ3) is 3.79. The number of halogens is 1. The van der Waals surface area contributed by atoms with Gasteiger partial charge in [0.25, 0.3) is 0 Å². The fourth-order valence-electron chi connectivity index (χ4n) is 4.04. The minimum atomic E-state index is 0.317. The number of likely N-dealkylation sites (tertiary alicyclic amines) is 1. The highest BCUT2D eigenvalue weighted by Gasteiger charge is 2.31. The van der Waals surface area contributed by atoms with Crippen LogP contribution >= 0.6 is 11.6 Å². The van der Waals surface area contributed by atoms with E-state index in [4.69, 9.17) is 17.1 Å². The molecule has 3 rings (SSSR count). The van der Waals surface area contributed by atoms with Gasteiger partial charge in [0.15, 0.2) is 0 Å². The van der Waals surface area contributed by atoms with E-state index < -0.39 is 0 Å². The highest BCUT2D eigenvalue weighted by atomic mass is 35.5. The van der Waals surface area contributed by atoms with Crippen LogP contribution in [-0.2, 0) is 6.42 Å². The lowest BCUT2D eigenvalue weighted by molar-refractivity contribution is 0.118. The van der Waals surface area contributed by atoms with Crippen molar-refractivity contribution >= 4 is 11.6 Å². The summed E-state index contributed by atoms with van der Waals surface area (Å²) in [5.74, 6) is 0.771. The molecule has 1 aliphatic heterocycles. The van der Waals surface area contributed by atoms with Crippen LogP contribution in [0.15, 0.2) is 29.5 Å². The van der Waals surface area contributed by atoms with E-state index >= 15 is 0 Å². The highest BCUT2D eigenvalue weighted by Crippen LogP contribution is 2.29. The molecule has 5 heteroatoms. The fraction of sp³-hybridized carbons (Fsp3) is 0.647. The number of nitrogens with zero attached hydrogens (tertiary/aromatic N) is 3. The highest BCUT2D eigenvalue weighted by molar-refractivity contribution is 6.30. The van der Waals surface area contributed by atoms with Gasteiger partial charge in [-0.2, -0.15) is 0 Å². The van der Waals surface area contributed by atoms with E-state index in [9.17, 15) is 0 Å². The van der Waals surface area contributed by atoms with Gasteiger partial charge in [0.2, 0.25) is 0 Å². The SMILES string of the molecule is [N-]=NN[C@@H]1CCC[C@@H]1N1CCC(Cc2ccc(Cl)cc2)CC1. The Morgan fingerprint density at radius 1 is 1.14 bits per heavy atom. The summed E-state index contributed by atoms with van der Waals surface area (Å²) >= 11 is 5.95. The van der Waals surface area contributed by atoms with Gasteiger partial charge in [-0.05, 0) is 74.8 Å². The summed E-state index contributed by atoms with van der Waals surface area (Å²) in [4.78, 5) is 2.59. The van der Waals surface area contributed by atoms with Crippen LogP contribution in [0.4, 0.5) is 0 Å². The van der Waals surface area contributed by atoms with E-state index in [0.29, 0.717) is 12.1 Å². The Labute approximate surface area is 137 Å². The van der Waals surface area contributed by atoms with E-state index in [0.717, 1.165) is 36.9 Å². The van der Waals surface area contributed by atoms with Gasteiger partial charge in [0.05, 0.1) is 0 Å². The molecular weight excluding hydrogens is 296 g/mol. The molecule has 0 amide bonds. The monoisotopic (exact) mass is 319 g/mol. The zero-order valence-corrected chi connectivity index (χ0v) is 13.7. The van der Waals surface area contributed by atoms with E-state index in [-0.39, 0.29) is 0 Å². The third-order valence-electron chi connectivity index (χ3n) is 5.26. The molecule has 120 valence electrons. The average molecular weight is 320 g/mol. The van der Waals surface area contributed by atoms with Gasteiger partial charge in [-0.15, -0.1) is 0 Å². The van der Waals surface area contributed by atoms with Gasteiger partial charge in [-0.3, -0.25) is 5.22 Å². The van der Waals surface area contributed by atoms with Crippen LogP contribution in [0.25, 0.3) is 5.53 Å².